The fourth-order valence-electron chi connectivity index (χ4n) is 1.65. The van der Waals surface area contributed by atoms with Gasteiger partial charge in [0.05, 0.1) is 13.2 Å². The van der Waals surface area contributed by atoms with Crippen LogP contribution in [0.3, 0.4) is 0 Å². The normalized spacial score (nSPS) is 10.4. The number of ether oxygens (including phenoxy) is 1. The van der Waals surface area contributed by atoms with E-state index in [9.17, 15) is 4.79 Å². The maximum atomic E-state index is 11.5. The molecule has 0 bridgehead atoms. The average molecular weight is 280 g/mol. The first-order chi connectivity index (χ1) is 9.11. The molecule has 6 heteroatoms. The lowest BCUT2D eigenvalue weighted by Gasteiger charge is -2.05. The summed E-state index contributed by atoms with van der Waals surface area (Å²) < 4.78 is 6.40. The van der Waals surface area contributed by atoms with Gasteiger partial charge in [0.2, 0.25) is 0 Å². The van der Waals surface area contributed by atoms with Gasteiger partial charge in [0.1, 0.15) is 5.82 Å². The number of hydrogen-bond acceptors (Lipinski definition) is 4. The summed E-state index contributed by atoms with van der Waals surface area (Å²) >= 11 is 6.07. The molecule has 0 spiro atoms. The van der Waals surface area contributed by atoms with Crippen LogP contribution in [0.5, 0.6) is 0 Å². The summed E-state index contributed by atoms with van der Waals surface area (Å²) in [7, 11) is 0. The van der Waals surface area contributed by atoms with Gasteiger partial charge in [0, 0.05) is 11.1 Å². The highest BCUT2D eigenvalue weighted by Crippen LogP contribution is 2.18. The van der Waals surface area contributed by atoms with Gasteiger partial charge in [0.25, 0.3) is 0 Å². The van der Waals surface area contributed by atoms with Gasteiger partial charge in [-0.3, -0.25) is 0 Å². The van der Waals surface area contributed by atoms with Gasteiger partial charge in [-0.2, -0.15) is 5.10 Å². The molecule has 19 heavy (non-hydrogen) atoms. The Morgan fingerprint density at radius 2 is 2.21 bits per heavy atom. The molecule has 0 aliphatic rings. The van der Waals surface area contributed by atoms with Crippen molar-refractivity contribution in [2.45, 2.75) is 13.5 Å². The number of hydrogen-bond donors (Lipinski definition) is 1. The number of nitrogen functional groups attached to an aromatic ring is 1. The Morgan fingerprint density at radius 1 is 1.47 bits per heavy atom. The third kappa shape index (κ3) is 3.06. The number of nitrogens with zero attached hydrogens (tertiary/aromatic N) is 2. The zero-order valence-corrected chi connectivity index (χ0v) is 11.2. The summed E-state index contributed by atoms with van der Waals surface area (Å²) in [6.45, 7) is 2.45. The van der Waals surface area contributed by atoms with Crippen LogP contribution in [-0.4, -0.2) is 22.4 Å². The molecule has 0 amide bonds. The molecule has 0 fully saturated rings. The number of nitrogens with two attached hydrogens (primary N) is 1. The zero-order valence-electron chi connectivity index (χ0n) is 10.5. The van der Waals surface area contributed by atoms with Crippen molar-refractivity contribution >= 4 is 23.4 Å². The largest absolute Gasteiger partial charge is 0.461 e. The molecule has 5 nitrogen and oxygen atoms in total. The van der Waals surface area contributed by atoms with Crippen LogP contribution in [0.15, 0.2) is 30.3 Å². The van der Waals surface area contributed by atoms with Gasteiger partial charge < -0.3 is 10.5 Å². The molecule has 2 N–H and O–H groups in total. The van der Waals surface area contributed by atoms with E-state index in [0.717, 1.165) is 5.56 Å². The smallest absolute Gasteiger partial charge is 0.358 e. The van der Waals surface area contributed by atoms with Gasteiger partial charge in [-0.1, -0.05) is 29.8 Å². The fraction of sp³-hybridized carbons (Fsp3) is 0.231. The Balaban J connectivity index is 2.22. The molecule has 0 saturated heterocycles. The van der Waals surface area contributed by atoms with Gasteiger partial charge in [-0.15, -0.1) is 0 Å². The predicted octanol–water partition coefficient (Wildman–Crippen LogP) is 2.34. The van der Waals surface area contributed by atoms with E-state index in [-0.39, 0.29) is 5.69 Å². The molecule has 0 saturated carbocycles. The summed E-state index contributed by atoms with van der Waals surface area (Å²) in [6, 6.07) is 8.90. The number of benzene rings is 1. The number of carbonyl (C=O) groups excluding carboxylic acids is 1. The summed E-state index contributed by atoms with van der Waals surface area (Å²) in [4.78, 5) is 11.5. The van der Waals surface area contributed by atoms with E-state index in [1.54, 1.807) is 13.0 Å². The van der Waals surface area contributed by atoms with Crippen molar-refractivity contribution in [3.05, 3.63) is 46.6 Å². The monoisotopic (exact) mass is 279 g/mol. The molecule has 1 aromatic carbocycles. The van der Waals surface area contributed by atoms with Crippen LogP contribution >= 0.6 is 11.6 Å². The van der Waals surface area contributed by atoms with Crippen LogP contribution in [-0.2, 0) is 11.3 Å². The van der Waals surface area contributed by atoms with Crippen LogP contribution in [0.4, 0.5) is 5.82 Å². The number of halogens is 1. The minimum absolute atomic E-state index is 0.200. The lowest BCUT2D eigenvalue weighted by Crippen LogP contribution is -2.09. The predicted molar refractivity (Wildman–Crippen MR) is 73.1 cm³/mol. The van der Waals surface area contributed by atoms with Crippen molar-refractivity contribution in [2.75, 3.05) is 12.3 Å². The molecule has 1 aromatic heterocycles. The molecular formula is C13H14ClN3O2. The Morgan fingerprint density at radius 3 is 2.89 bits per heavy atom. The standard InChI is InChI=1S/C13H14ClN3O2/c1-2-19-13(18)11-7-12(15)17(16-11)8-9-5-3-4-6-10(9)14/h3-7H,2,8,15H2,1H3. The van der Waals surface area contributed by atoms with Crippen molar-refractivity contribution in [1.29, 1.82) is 0 Å². The zero-order chi connectivity index (χ0) is 13.8. The molecule has 0 unspecified atom stereocenters. The van der Waals surface area contributed by atoms with Crippen molar-refractivity contribution in [3.8, 4) is 0 Å². The van der Waals surface area contributed by atoms with E-state index < -0.39 is 5.97 Å². The molecule has 2 aromatic rings. The van der Waals surface area contributed by atoms with Crippen LogP contribution in [0.1, 0.15) is 23.0 Å². The molecule has 2 rings (SSSR count). The number of esters is 1. The Labute approximate surface area is 115 Å². The molecule has 0 radical (unpaired) electrons. The molecule has 0 aliphatic heterocycles. The van der Waals surface area contributed by atoms with Gasteiger partial charge >= 0.3 is 5.97 Å². The Kier molecular flexibility index (Phi) is 4.06. The van der Waals surface area contributed by atoms with Gasteiger partial charge in [0.15, 0.2) is 5.69 Å². The van der Waals surface area contributed by atoms with Crippen LogP contribution in [0.25, 0.3) is 0 Å². The van der Waals surface area contributed by atoms with E-state index in [2.05, 4.69) is 5.10 Å². The van der Waals surface area contributed by atoms with Gasteiger partial charge in [-0.05, 0) is 18.6 Å². The Bertz CT molecular complexity index is 595. The van der Waals surface area contributed by atoms with E-state index >= 15 is 0 Å². The average Bonchev–Trinajstić information content (AvgIpc) is 2.74. The topological polar surface area (TPSA) is 70.1 Å². The maximum Gasteiger partial charge on any atom is 0.358 e. The van der Waals surface area contributed by atoms with E-state index in [4.69, 9.17) is 22.1 Å². The summed E-state index contributed by atoms with van der Waals surface area (Å²) in [5, 5.41) is 4.76. The minimum Gasteiger partial charge on any atom is -0.461 e. The number of aromatic nitrogens is 2. The van der Waals surface area contributed by atoms with Crippen LogP contribution in [0.2, 0.25) is 5.02 Å². The second-order valence-electron chi connectivity index (χ2n) is 3.92. The molecule has 1 heterocycles. The number of carbonyl (C=O) groups is 1. The number of anilines is 1. The molecule has 0 atom stereocenters. The highest BCUT2D eigenvalue weighted by molar-refractivity contribution is 6.31. The highest BCUT2D eigenvalue weighted by atomic mass is 35.5. The van der Waals surface area contributed by atoms with Crippen molar-refractivity contribution in [2.24, 2.45) is 0 Å². The molecule has 100 valence electrons. The van der Waals surface area contributed by atoms with E-state index in [1.807, 2.05) is 18.2 Å². The van der Waals surface area contributed by atoms with Crippen LogP contribution < -0.4 is 5.73 Å². The van der Waals surface area contributed by atoms with E-state index in [1.165, 1.54) is 10.7 Å². The van der Waals surface area contributed by atoms with Crippen LogP contribution in [0, 0.1) is 0 Å². The number of rotatable bonds is 4. The summed E-state index contributed by atoms with van der Waals surface area (Å²) in [5.41, 5.74) is 6.91. The second kappa shape index (κ2) is 5.75. The first kappa shape index (κ1) is 13.4. The third-order valence-electron chi connectivity index (χ3n) is 2.57. The van der Waals surface area contributed by atoms with Crippen molar-refractivity contribution in [3.63, 3.8) is 0 Å². The first-order valence-corrected chi connectivity index (χ1v) is 6.23. The summed E-state index contributed by atoms with van der Waals surface area (Å²) in [5.74, 6) is -0.0879. The first-order valence-electron chi connectivity index (χ1n) is 5.85. The summed E-state index contributed by atoms with van der Waals surface area (Å²) in [6.07, 6.45) is 0. The minimum atomic E-state index is -0.480. The quantitative estimate of drug-likeness (QED) is 0.872. The van der Waals surface area contributed by atoms with E-state index in [0.29, 0.717) is 24.0 Å². The molecule has 0 aliphatic carbocycles. The lowest BCUT2D eigenvalue weighted by atomic mass is 10.2. The molecular weight excluding hydrogens is 266 g/mol. The fourth-order valence-corrected chi connectivity index (χ4v) is 1.85. The highest BCUT2D eigenvalue weighted by Gasteiger charge is 2.14. The Hall–Kier alpha value is -2.01. The lowest BCUT2D eigenvalue weighted by molar-refractivity contribution is 0.0518. The third-order valence-corrected chi connectivity index (χ3v) is 2.94. The SMILES string of the molecule is CCOC(=O)c1cc(N)n(Cc2ccccc2Cl)n1. The van der Waals surface area contributed by atoms with Crippen molar-refractivity contribution in [1.82, 2.24) is 9.78 Å². The van der Waals surface area contributed by atoms with Gasteiger partial charge in [-0.25, -0.2) is 9.48 Å². The second-order valence-corrected chi connectivity index (χ2v) is 4.33. The maximum absolute atomic E-state index is 11.5. The van der Waals surface area contributed by atoms with Crippen molar-refractivity contribution < 1.29 is 9.53 Å².